The third kappa shape index (κ3) is 4.82. The van der Waals surface area contributed by atoms with E-state index in [9.17, 15) is 4.79 Å². The minimum atomic E-state index is -0.754. The lowest BCUT2D eigenvalue weighted by Gasteiger charge is -2.01. The summed E-state index contributed by atoms with van der Waals surface area (Å²) >= 11 is 0. The molecule has 0 fully saturated rings. The van der Waals surface area contributed by atoms with E-state index in [0.29, 0.717) is 13.0 Å². The molecule has 0 aliphatic rings. The summed E-state index contributed by atoms with van der Waals surface area (Å²) in [5.41, 5.74) is 0. The molecule has 0 unspecified atom stereocenters. The highest BCUT2D eigenvalue weighted by atomic mass is 16.5. The van der Waals surface area contributed by atoms with Crippen molar-refractivity contribution < 1.29 is 14.6 Å². The maximum Gasteiger partial charge on any atom is 0.303 e. The van der Waals surface area contributed by atoms with Crippen molar-refractivity contribution >= 4 is 5.97 Å². The first-order valence-electron chi connectivity index (χ1n) is 5.59. The Morgan fingerprint density at radius 2 is 2.38 bits per heavy atom. The van der Waals surface area contributed by atoms with E-state index in [1.165, 1.54) is 0 Å². The summed E-state index contributed by atoms with van der Waals surface area (Å²) in [5.74, 6) is -0.000426. The van der Waals surface area contributed by atoms with E-state index in [1.54, 1.807) is 6.20 Å². The molecule has 0 aromatic carbocycles. The molecule has 5 heteroatoms. The molecule has 0 radical (unpaired) electrons. The lowest BCUT2D eigenvalue weighted by Crippen LogP contribution is -2.00. The largest absolute Gasteiger partial charge is 0.490 e. The fourth-order valence-electron chi connectivity index (χ4n) is 1.34. The van der Waals surface area contributed by atoms with Crippen LogP contribution in [0.25, 0.3) is 0 Å². The van der Waals surface area contributed by atoms with E-state index in [-0.39, 0.29) is 6.42 Å². The molecule has 1 N–H and O–H groups in total. The van der Waals surface area contributed by atoms with Crippen molar-refractivity contribution in [2.24, 2.45) is 0 Å². The van der Waals surface area contributed by atoms with E-state index in [1.807, 2.05) is 10.9 Å². The number of rotatable bonds is 8. The molecule has 0 aliphatic heterocycles. The predicted octanol–water partition coefficient (Wildman–Crippen LogP) is 1.93. The van der Waals surface area contributed by atoms with Gasteiger partial charge in [0.15, 0.2) is 5.75 Å². The number of hydrogen-bond acceptors (Lipinski definition) is 3. The van der Waals surface area contributed by atoms with Crippen LogP contribution in [0.3, 0.4) is 0 Å². The van der Waals surface area contributed by atoms with Gasteiger partial charge in [0.25, 0.3) is 0 Å². The molecule has 0 amide bonds. The van der Waals surface area contributed by atoms with Crippen molar-refractivity contribution in [3.63, 3.8) is 0 Å². The Kier molecular flexibility index (Phi) is 5.39. The van der Waals surface area contributed by atoms with E-state index in [0.717, 1.165) is 25.1 Å². The summed E-state index contributed by atoms with van der Waals surface area (Å²) in [6, 6.07) is 0. The first-order chi connectivity index (χ1) is 7.72. The Morgan fingerprint density at radius 1 is 1.56 bits per heavy atom. The van der Waals surface area contributed by atoms with Crippen LogP contribution in [0.1, 0.15) is 32.6 Å². The van der Waals surface area contributed by atoms with Crippen LogP contribution in [-0.4, -0.2) is 27.5 Å². The molecule has 1 aromatic rings. The van der Waals surface area contributed by atoms with E-state index < -0.39 is 5.97 Å². The molecule has 0 atom stereocenters. The van der Waals surface area contributed by atoms with Crippen molar-refractivity contribution in [1.82, 2.24) is 9.78 Å². The summed E-state index contributed by atoms with van der Waals surface area (Å²) in [6.07, 6.45) is 6.20. The molecule has 0 saturated carbocycles. The fourth-order valence-corrected chi connectivity index (χ4v) is 1.34. The number of hydrogen-bond donors (Lipinski definition) is 1. The Morgan fingerprint density at radius 3 is 3.06 bits per heavy atom. The van der Waals surface area contributed by atoms with Crippen LogP contribution < -0.4 is 4.74 Å². The highest BCUT2D eigenvalue weighted by molar-refractivity contribution is 5.66. The second-order valence-electron chi connectivity index (χ2n) is 3.64. The van der Waals surface area contributed by atoms with Gasteiger partial charge in [-0.1, -0.05) is 6.92 Å². The standard InChI is InChI=1S/C11H18N2O3/c1-2-6-13-9-10(8-12-13)16-7-4-3-5-11(14)15/h8-9H,2-7H2,1H3,(H,14,15). The van der Waals surface area contributed by atoms with Gasteiger partial charge in [0.1, 0.15) is 0 Å². The summed E-state index contributed by atoms with van der Waals surface area (Å²) < 4.78 is 7.28. The lowest BCUT2D eigenvalue weighted by molar-refractivity contribution is -0.137. The molecule has 1 aromatic heterocycles. The third-order valence-corrected chi connectivity index (χ3v) is 2.12. The number of ether oxygens (including phenoxy) is 1. The minimum absolute atomic E-state index is 0.207. The first kappa shape index (κ1) is 12.5. The second kappa shape index (κ2) is 6.87. The maximum absolute atomic E-state index is 10.3. The van der Waals surface area contributed by atoms with Gasteiger partial charge in [-0.05, 0) is 19.3 Å². The van der Waals surface area contributed by atoms with Crippen LogP contribution in [0, 0.1) is 0 Å². The van der Waals surface area contributed by atoms with E-state index in [4.69, 9.17) is 9.84 Å². The SMILES string of the molecule is CCCn1cc(OCCCCC(=O)O)cn1. The number of nitrogens with zero attached hydrogens (tertiary/aromatic N) is 2. The molecule has 0 saturated heterocycles. The van der Waals surface area contributed by atoms with Gasteiger partial charge < -0.3 is 9.84 Å². The quantitative estimate of drug-likeness (QED) is 0.688. The van der Waals surface area contributed by atoms with Gasteiger partial charge in [-0.3, -0.25) is 9.48 Å². The van der Waals surface area contributed by atoms with Crippen LogP contribution in [0.5, 0.6) is 5.75 Å². The van der Waals surface area contributed by atoms with Crippen molar-refractivity contribution in [1.29, 1.82) is 0 Å². The zero-order chi connectivity index (χ0) is 11.8. The molecule has 0 aliphatic carbocycles. The zero-order valence-corrected chi connectivity index (χ0v) is 9.56. The Hall–Kier alpha value is -1.52. The average Bonchev–Trinajstić information content (AvgIpc) is 2.65. The number of unbranched alkanes of at least 4 members (excludes halogenated alkanes) is 1. The van der Waals surface area contributed by atoms with Crippen LogP contribution in [-0.2, 0) is 11.3 Å². The van der Waals surface area contributed by atoms with Crippen LogP contribution in [0.4, 0.5) is 0 Å². The topological polar surface area (TPSA) is 64.3 Å². The number of carboxylic acids is 1. The maximum atomic E-state index is 10.3. The van der Waals surface area contributed by atoms with Gasteiger partial charge in [-0.15, -0.1) is 0 Å². The summed E-state index contributed by atoms with van der Waals surface area (Å²) in [7, 11) is 0. The fraction of sp³-hybridized carbons (Fsp3) is 0.636. The molecular formula is C11H18N2O3. The van der Waals surface area contributed by atoms with E-state index in [2.05, 4.69) is 12.0 Å². The smallest absolute Gasteiger partial charge is 0.303 e. The van der Waals surface area contributed by atoms with Crippen LogP contribution >= 0.6 is 0 Å². The normalized spacial score (nSPS) is 10.3. The Labute approximate surface area is 95.0 Å². The van der Waals surface area contributed by atoms with Gasteiger partial charge in [-0.2, -0.15) is 5.10 Å². The van der Waals surface area contributed by atoms with Gasteiger partial charge in [-0.25, -0.2) is 0 Å². The number of aryl methyl sites for hydroxylation is 1. The van der Waals surface area contributed by atoms with Gasteiger partial charge >= 0.3 is 5.97 Å². The number of aliphatic carboxylic acids is 1. The second-order valence-corrected chi connectivity index (χ2v) is 3.64. The number of carbonyl (C=O) groups is 1. The molecule has 90 valence electrons. The van der Waals surface area contributed by atoms with Crippen molar-refractivity contribution in [3.8, 4) is 5.75 Å². The van der Waals surface area contributed by atoms with Crippen molar-refractivity contribution in [2.75, 3.05) is 6.61 Å². The average molecular weight is 226 g/mol. The molecular weight excluding hydrogens is 208 g/mol. The summed E-state index contributed by atoms with van der Waals surface area (Å²) in [6.45, 7) is 3.53. The van der Waals surface area contributed by atoms with Crippen LogP contribution in [0.15, 0.2) is 12.4 Å². The highest BCUT2D eigenvalue weighted by Crippen LogP contribution is 2.09. The van der Waals surface area contributed by atoms with Crippen LogP contribution in [0.2, 0.25) is 0 Å². The van der Waals surface area contributed by atoms with Gasteiger partial charge in [0.2, 0.25) is 0 Å². The number of carboxylic acid groups (broad SMARTS) is 1. The van der Waals surface area contributed by atoms with Crippen molar-refractivity contribution in [2.45, 2.75) is 39.2 Å². The number of aromatic nitrogens is 2. The van der Waals surface area contributed by atoms with Gasteiger partial charge in [0, 0.05) is 13.0 Å². The minimum Gasteiger partial charge on any atom is -0.490 e. The van der Waals surface area contributed by atoms with E-state index >= 15 is 0 Å². The predicted molar refractivity (Wildman–Crippen MR) is 59.5 cm³/mol. The Balaban J connectivity index is 2.14. The monoisotopic (exact) mass is 226 g/mol. The third-order valence-electron chi connectivity index (χ3n) is 2.12. The molecule has 5 nitrogen and oxygen atoms in total. The lowest BCUT2D eigenvalue weighted by atomic mass is 10.2. The van der Waals surface area contributed by atoms with Crippen molar-refractivity contribution in [3.05, 3.63) is 12.4 Å². The Bertz CT molecular complexity index is 323. The summed E-state index contributed by atoms with van der Waals surface area (Å²) in [5, 5.41) is 12.6. The molecule has 0 bridgehead atoms. The van der Waals surface area contributed by atoms with Gasteiger partial charge in [0.05, 0.1) is 19.0 Å². The molecule has 16 heavy (non-hydrogen) atoms. The summed E-state index contributed by atoms with van der Waals surface area (Å²) in [4.78, 5) is 10.3. The zero-order valence-electron chi connectivity index (χ0n) is 9.56. The molecule has 1 rings (SSSR count). The highest BCUT2D eigenvalue weighted by Gasteiger charge is 2.00. The molecule has 1 heterocycles. The molecule has 0 spiro atoms. The first-order valence-corrected chi connectivity index (χ1v) is 5.59.